The summed E-state index contributed by atoms with van der Waals surface area (Å²) in [7, 11) is 1.85. The number of aryl methyl sites for hydroxylation is 2. The van der Waals surface area contributed by atoms with Gasteiger partial charge in [-0.2, -0.15) is 9.50 Å². The molecule has 0 unspecified atom stereocenters. The van der Waals surface area contributed by atoms with E-state index in [9.17, 15) is 4.79 Å². The molecule has 0 aliphatic carbocycles. The van der Waals surface area contributed by atoms with Crippen LogP contribution in [0.15, 0.2) is 30.3 Å². The maximum absolute atomic E-state index is 12.7. The second kappa shape index (κ2) is 7.11. The lowest BCUT2D eigenvalue weighted by atomic mass is 10.0. The quantitative estimate of drug-likeness (QED) is 0.762. The summed E-state index contributed by atoms with van der Waals surface area (Å²) < 4.78 is 1.64. The van der Waals surface area contributed by atoms with Gasteiger partial charge in [0, 0.05) is 24.9 Å². The van der Waals surface area contributed by atoms with Crippen molar-refractivity contribution in [3.8, 4) is 0 Å². The Balaban J connectivity index is 1.74. The zero-order chi connectivity index (χ0) is 18.8. The lowest BCUT2D eigenvalue weighted by Crippen LogP contribution is -2.30. The van der Waals surface area contributed by atoms with E-state index in [1.54, 1.807) is 9.42 Å². The molecule has 7 heteroatoms. The second-order valence-corrected chi connectivity index (χ2v) is 6.53. The highest BCUT2D eigenvalue weighted by atomic mass is 16.2. The maximum atomic E-state index is 12.7. The molecule has 0 bridgehead atoms. The zero-order valence-electron chi connectivity index (χ0n) is 15.6. The van der Waals surface area contributed by atoms with Gasteiger partial charge in [-0.05, 0) is 38.3 Å². The fraction of sp³-hybridized carbons (Fsp3) is 0.368. The maximum Gasteiger partial charge on any atom is 0.254 e. The van der Waals surface area contributed by atoms with E-state index in [1.165, 1.54) is 0 Å². The number of rotatable bonds is 5. The standard InChI is InChI=1S/C19H24N6O/c1-12-16(14(3)25-19(21-12)22-18(20)23-25)10-11-17(26)24(4)13(2)15-8-6-5-7-9-15/h5-9,13H,10-11H2,1-4H3,(H2,20,23)/t13-/m1/s1. The van der Waals surface area contributed by atoms with Crippen LogP contribution in [0, 0.1) is 13.8 Å². The third-order valence-electron chi connectivity index (χ3n) is 4.91. The van der Waals surface area contributed by atoms with Crippen LogP contribution in [0.25, 0.3) is 5.78 Å². The SMILES string of the molecule is Cc1nc2nc(N)nn2c(C)c1CCC(=O)N(C)[C@H](C)c1ccccc1. The van der Waals surface area contributed by atoms with Crippen molar-refractivity contribution >= 4 is 17.6 Å². The van der Waals surface area contributed by atoms with Gasteiger partial charge in [0.1, 0.15) is 0 Å². The molecule has 1 atom stereocenters. The van der Waals surface area contributed by atoms with Crippen LogP contribution >= 0.6 is 0 Å². The highest BCUT2D eigenvalue weighted by Gasteiger charge is 2.19. The third kappa shape index (κ3) is 3.37. The first-order valence-corrected chi connectivity index (χ1v) is 8.67. The van der Waals surface area contributed by atoms with Crippen LogP contribution in [-0.2, 0) is 11.2 Å². The molecular weight excluding hydrogens is 328 g/mol. The van der Waals surface area contributed by atoms with E-state index in [2.05, 4.69) is 15.1 Å². The molecule has 0 aliphatic heterocycles. The fourth-order valence-corrected chi connectivity index (χ4v) is 3.17. The molecule has 136 valence electrons. The molecule has 3 rings (SSSR count). The number of amides is 1. The van der Waals surface area contributed by atoms with Crippen molar-refractivity contribution < 1.29 is 4.79 Å². The van der Waals surface area contributed by atoms with E-state index >= 15 is 0 Å². The summed E-state index contributed by atoms with van der Waals surface area (Å²) in [4.78, 5) is 23.0. The van der Waals surface area contributed by atoms with Gasteiger partial charge < -0.3 is 10.6 Å². The Morgan fingerprint density at radius 2 is 1.92 bits per heavy atom. The van der Waals surface area contributed by atoms with Crippen molar-refractivity contribution in [1.29, 1.82) is 0 Å². The Bertz CT molecular complexity index is 934. The van der Waals surface area contributed by atoms with Gasteiger partial charge in [-0.3, -0.25) is 4.79 Å². The van der Waals surface area contributed by atoms with E-state index in [1.807, 2.05) is 58.2 Å². The molecule has 1 amide bonds. The summed E-state index contributed by atoms with van der Waals surface area (Å²) in [6.45, 7) is 5.91. The first kappa shape index (κ1) is 17.8. The van der Waals surface area contributed by atoms with Crippen LogP contribution in [0.4, 0.5) is 5.95 Å². The molecule has 0 saturated carbocycles. The van der Waals surface area contributed by atoms with Crippen LogP contribution in [0.3, 0.4) is 0 Å². The predicted octanol–water partition coefficient (Wildman–Crippen LogP) is 2.48. The number of hydrogen-bond donors (Lipinski definition) is 1. The monoisotopic (exact) mass is 352 g/mol. The topological polar surface area (TPSA) is 89.4 Å². The van der Waals surface area contributed by atoms with Crippen molar-refractivity contribution in [2.75, 3.05) is 12.8 Å². The number of fused-ring (bicyclic) bond motifs is 1. The number of carbonyl (C=O) groups excluding carboxylic acids is 1. The first-order chi connectivity index (χ1) is 12.4. The molecule has 2 heterocycles. The Kier molecular flexibility index (Phi) is 4.88. The molecule has 0 fully saturated rings. The molecule has 0 radical (unpaired) electrons. The fourth-order valence-electron chi connectivity index (χ4n) is 3.17. The van der Waals surface area contributed by atoms with E-state index in [4.69, 9.17) is 5.73 Å². The summed E-state index contributed by atoms with van der Waals surface area (Å²) in [6.07, 6.45) is 1.01. The lowest BCUT2D eigenvalue weighted by Gasteiger charge is -2.25. The van der Waals surface area contributed by atoms with Crippen molar-refractivity contribution in [2.24, 2.45) is 0 Å². The van der Waals surface area contributed by atoms with Gasteiger partial charge in [0.2, 0.25) is 11.9 Å². The normalized spacial score (nSPS) is 12.3. The molecule has 0 aliphatic rings. The molecule has 26 heavy (non-hydrogen) atoms. The average molecular weight is 352 g/mol. The summed E-state index contributed by atoms with van der Waals surface area (Å²) >= 11 is 0. The number of carbonyl (C=O) groups is 1. The van der Waals surface area contributed by atoms with E-state index in [-0.39, 0.29) is 17.9 Å². The van der Waals surface area contributed by atoms with Crippen molar-refractivity contribution in [2.45, 2.75) is 39.7 Å². The summed E-state index contributed by atoms with van der Waals surface area (Å²) in [5.41, 5.74) is 9.57. The number of nitrogens with zero attached hydrogens (tertiary/aromatic N) is 5. The van der Waals surface area contributed by atoms with Crippen molar-refractivity contribution in [3.63, 3.8) is 0 Å². The zero-order valence-corrected chi connectivity index (χ0v) is 15.6. The van der Waals surface area contributed by atoms with E-state index < -0.39 is 0 Å². The van der Waals surface area contributed by atoms with E-state index in [0.29, 0.717) is 18.6 Å². The summed E-state index contributed by atoms with van der Waals surface area (Å²) in [6, 6.07) is 10.1. The Morgan fingerprint density at radius 1 is 1.23 bits per heavy atom. The minimum atomic E-state index is 0.0293. The van der Waals surface area contributed by atoms with Crippen LogP contribution in [0.2, 0.25) is 0 Å². The number of nitrogen functional groups attached to an aromatic ring is 1. The highest BCUT2D eigenvalue weighted by Crippen LogP contribution is 2.21. The predicted molar refractivity (Wildman–Crippen MR) is 101 cm³/mol. The average Bonchev–Trinajstić information content (AvgIpc) is 3.01. The molecule has 3 aromatic rings. The number of anilines is 1. The highest BCUT2D eigenvalue weighted by molar-refractivity contribution is 5.76. The van der Waals surface area contributed by atoms with Crippen LogP contribution in [0.1, 0.15) is 41.9 Å². The minimum Gasteiger partial charge on any atom is -0.366 e. The van der Waals surface area contributed by atoms with Gasteiger partial charge in [0.15, 0.2) is 0 Å². The number of aromatic nitrogens is 4. The summed E-state index contributed by atoms with van der Waals surface area (Å²) in [5.74, 6) is 0.783. The minimum absolute atomic E-state index is 0.0293. The smallest absolute Gasteiger partial charge is 0.254 e. The van der Waals surface area contributed by atoms with Gasteiger partial charge in [-0.15, -0.1) is 5.10 Å². The third-order valence-corrected chi connectivity index (χ3v) is 4.91. The molecule has 7 nitrogen and oxygen atoms in total. The van der Waals surface area contributed by atoms with Gasteiger partial charge in [0.25, 0.3) is 5.78 Å². The second-order valence-electron chi connectivity index (χ2n) is 6.53. The van der Waals surface area contributed by atoms with E-state index in [0.717, 1.165) is 22.5 Å². The van der Waals surface area contributed by atoms with Gasteiger partial charge in [-0.25, -0.2) is 4.98 Å². The molecule has 2 N–H and O–H groups in total. The lowest BCUT2D eigenvalue weighted by molar-refractivity contribution is -0.131. The Hall–Kier alpha value is -2.96. The summed E-state index contributed by atoms with van der Waals surface area (Å²) in [5, 5.41) is 4.17. The van der Waals surface area contributed by atoms with Gasteiger partial charge in [0.05, 0.1) is 6.04 Å². The van der Waals surface area contributed by atoms with Crippen molar-refractivity contribution in [3.05, 3.63) is 52.8 Å². The first-order valence-electron chi connectivity index (χ1n) is 8.67. The molecular formula is C19H24N6O. The molecule has 2 aromatic heterocycles. The number of hydrogen-bond acceptors (Lipinski definition) is 5. The Labute approximate surface area is 152 Å². The largest absolute Gasteiger partial charge is 0.366 e. The van der Waals surface area contributed by atoms with Gasteiger partial charge >= 0.3 is 0 Å². The Morgan fingerprint density at radius 3 is 2.62 bits per heavy atom. The van der Waals surface area contributed by atoms with Gasteiger partial charge in [-0.1, -0.05) is 30.3 Å². The number of nitrogens with two attached hydrogens (primary N) is 1. The molecule has 1 aromatic carbocycles. The van der Waals surface area contributed by atoms with Crippen LogP contribution in [0.5, 0.6) is 0 Å². The number of benzene rings is 1. The van der Waals surface area contributed by atoms with Crippen LogP contribution in [-0.4, -0.2) is 37.4 Å². The van der Waals surface area contributed by atoms with Crippen LogP contribution < -0.4 is 5.73 Å². The molecule has 0 spiro atoms. The van der Waals surface area contributed by atoms with Crippen molar-refractivity contribution in [1.82, 2.24) is 24.5 Å². The molecule has 0 saturated heterocycles.